The topological polar surface area (TPSA) is 113 Å². The van der Waals surface area contributed by atoms with Gasteiger partial charge in [-0.15, -0.1) is 0 Å². The van der Waals surface area contributed by atoms with Crippen LogP contribution in [-0.2, 0) is 21.0 Å². The predicted octanol–water partition coefficient (Wildman–Crippen LogP) is 3.64. The Labute approximate surface area is 176 Å². The molecular weight excluding hydrogens is 404 g/mol. The number of carbonyl (C=O) groups excluding carboxylic acids is 1. The van der Waals surface area contributed by atoms with E-state index in [1.54, 1.807) is 12.1 Å². The lowest BCUT2D eigenvalue weighted by Gasteiger charge is -2.27. The summed E-state index contributed by atoms with van der Waals surface area (Å²) in [7, 11) is -3.11. The van der Waals surface area contributed by atoms with E-state index in [4.69, 9.17) is 4.74 Å². The summed E-state index contributed by atoms with van der Waals surface area (Å²) in [5, 5.41) is 13.5. The van der Waals surface area contributed by atoms with Crippen LogP contribution in [0.25, 0.3) is 0 Å². The summed E-state index contributed by atoms with van der Waals surface area (Å²) < 4.78 is 29.4. The summed E-state index contributed by atoms with van der Waals surface area (Å²) in [5.41, 5.74) is 2.75. The van der Waals surface area contributed by atoms with E-state index in [-0.39, 0.29) is 24.0 Å². The Morgan fingerprint density at radius 1 is 1.20 bits per heavy atom. The lowest BCUT2D eigenvalue weighted by atomic mass is 9.85. The number of nitrogens with zero attached hydrogens (tertiary/aromatic N) is 1. The molecule has 2 heterocycles. The fourth-order valence-electron chi connectivity index (χ4n) is 4.18. The number of anilines is 2. The fraction of sp³-hybridized carbons (Fsp3) is 0.524. The number of aryl methyl sites for hydroxylation is 1. The van der Waals surface area contributed by atoms with Gasteiger partial charge < -0.3 is 15.4 Å². The summed E-state index contributed by atoms with van der Waals surface area (Å²) >= 11 is 0. The lowest BCUT2D eigenvalue weighted by Crippen LogP contribution is -2.34. The van der Waals surface area contributed by atoms with Crippen LogP contribution in [0.15, 0.2) is 29.2 Å². The van der Waals surface area contributed by atoms with Crippen molar-refractivity contribution in [2.45, 2.75) is 68.9 Å². The number of benzene rings is 1. The van der Waals surface area contributed by atoms with E-state index in [0.717, 1.165) is 42.6 Å². The molecule has 1 aliphatic heterocycles. The maximum absolute atomic E-state index is 12.0. The van der Waals surface area contributed by atoms with Crippen molar-refractivity contribution < 1.29 is 17.9 Å². The third-order valence-corrected chi connectivity index (χ3v) is 7.51. The van der Waals surface area contributed by atoms with Gasteiger partial charge >= 0.3 is 6.09 Å². The van der Waals surface area contributed by atoms with Gasteiger partial charge in [-0.05, 0) is 69.7 Å². The second kappa shape index (κ2) is 8.29. The Morgan fingerprint density at radius 2 is 1.97 bits per heavy atom. The van der Waals surface area contributed by atoms with Crippen LogP contribution >= 0.6 is 0 Å². The molecule has 2 aliphatic rings. The third kappa shape index (κ3) is 4.61. The molecule has 0 radical (unpaired) electrons. The van der Waals surface area contributed by atoms with Crippen molar-refractivity contribution in [3.63, 3.8) is 0 Å². The van der Waals surface area contributed by atoms with Gasteiger partial charge in [-0.2, -0.15) is 5.10 Å². The van der Waals surface area contributed by atoms with E-state index in [2.05, 4.69) is 20.8 Å². The predicted molar refractivity (Wildman–Crippen MR) is 114 cm³/mol. The number of aromatic amines is 1. The number of sulfone groups is 1. The Hall–Kier alpha value is -2.55. The fourth-order valence-corrected chi connectivity index (χ4v) is 5.73. The van der Waals surface area contributed by atoms with Gasteiger partial charge in [-0.25, -0.2) is 13.2 Å². The zero-order chi connectivity index (χ0) is 21.3. The van der Waals surface area contributed by atoms with Crippen molar-refractivity contribution in [1.82, 2.24) is 15.5 Å². The highest BCUT2D eigenvalue weighted by Gasteiger charge is 2.27. The zero-order valence-corrected chi connectivity index (χ0v) is 18.1. The van der Waals surface area contributed by atoms with Crippen LogP contribution in [-0.4, -0.2) is 42.6 Å². The first-order chi connectivity index (χ1) is 14.3. The standard InChI is InChI=1S/C21H28N4O4S/c1-13(2)22-21(26)29-17-6-3-14(4-7-17)18-12-20(25-24-18)23-16-5-8-19-15(11-16)9-10-30(19,27)28/h5,8,11-14,17H,3-4,6-7,9-10H2,1-2H3,(H,22,26)(H2,23,24,25). The Kier molecular flexibility index (Phi) is 5.73. The van der Waals surface area contributed by atoms with Gasteiger partial charge in [0.2, 0.25) is 0 Å². The molecule has 0 saturated heterocycles. The molecule has 3 N–H and O–H groups in total. The summed E-state index contributed by atoms with van der Waals surface area (Å²) in [6, 6.07) is 7.41. The van der Waals surface area contributed by atoms with Crippen LogP contribution < -0.4 is 10.6 Å². The number of hydrogen-bond acceptors (Lipinski definition) is 6. The highest BCUT2D eigenvalue weighted by atomic mass is 32.2. The van der Waals surface area contributed by atoms with Crippen molar-refractivity contribution in [2.24, 2.45) is 0 Å². The Bertz CT molecular complexity index is 1020. The normalized spacial score (nSPS) is 22.5. The minimum absolute atomic E-state index is 0.0387. The molecule has 1 saturated carbocycles. The molecule has 1 aromatic carbocycles. The first-order valence-electron chi connectivity index (χ1n) is 10.5. The number of alkyl carbamates (subject to hydrolysis) is 1. The molecule has 1 aromatic heterocycles. The Morgan fingerprint density at radius 3 is 2.70 bits per heavy atom. The van der Waals surface area contributed by atoms with Gasteiger partial charge in [0, 0.05) is 29.4 Å². The maximum atomic E-state index is 12.0. The molecule has 2 aromatic rings. The molecule has 0 bridgehead atoms. The highest BCUT2D eigenvalue weighted by Crippen LogP contribution is 2.35. The molecule has 1 aliphatic carbocycles. The SMILES string of the molecule is CC(C)NC(=O)OC1CCC(c2cc(Nc3ccc4c(c3)CCS4(=O)=O)n[nH]2)CC1. The number of hydrogen-bond donors (Lipinski definition) is 3. The van der Waals surface area contributed by atoms with E-state index >= 15 is 0 Å². The lowest BCUT2D eigenvalue weighted by molar-refractivity contribution is 0.0697. The van der Waals surface area contributed by atoms with Crippen LogP contribution in [0.5, 0.6) is 0 Å². The molecular formula is C21H28N4O4S. The van der Waals surface area contributed by atoms with Crippen LogP contribution in [0.3, 0.4) is 0 Å². The second-order valence-electron chi connectivity index (χ2n) is 8.40. The number of fused-ring (bicyclic) bond motifs is 1. The van der Waals surface area contributed by atoms with Crippen LogP contribution in [0.1, 0.15) is 56.7 Å². The van der Waals surface area contributed by atoms with E-state index in [9.17, 15) is 13.2 Å². The van der Waals surface area contributed by atoms with Crippen LogP contribution in [0, 0.1) is 0 Å². The number of nitrogens with one attached hydrogen (secondary N) is 3. The molecule has 0 spiro atoms. The third-order valence-electron chi connectivity index (χ3n) is 5.70. The van der Waals surface area contributed by atoms with Crippen LogP contribution in [0.4, 0.5) is 16.3 Å². The van der Waals surface area contributed by atoms with Gasteiger partial charge in [0.1, 0.15) is 6.10 Å². The number of H-pyrrole nitrogens is 1. The van der Waals surface area contributed by atoms with Gasteiger partial charge in [0.15, 0.2) is 15.7 Å². The van der Waals surface area contributed by atoms with E-state index in [1.807, 2.05) is 26.0 Å². The van der Waals surface area contributed by atoms with E-state index < -0.39 is 9.84 Å². The Balaban J connectivity index is 1.33. The summed E-state index contributed by atoms with van der Waals surface area (Å²) in [6.07, 6.45) is 3.69. The van der Waals surface area contributed by atoms with E-state index in [1.165, 1.54) is 0 Å². The number of carbonyl (C=O) groups is 1. The number of aromatic nitrogens is 2. The zero-order valence-electron chi connectivity index (χ0n) is 17.3. The molecule has 8 nitrogen and oxygen atoms in total. The first kappa shape index (κ1) is 20.7. The van der Waals surface area contributed by atoms with Gasteiger partial charge in [-0.1, -0.05) is 0 Å². The number of rotatable bonds is 5. The molecule has 9 heteroatoms. The maximum Gasteiger partial charge on any atom is 0.407 e. The number of amides is 1. The molecule has 0 unspecified atom stereocenters. The first-order valence-corrected chi connectivity index (χ1v) is 12.1. The van der Waals surface area contributed by atoms with Crippen molar-refractivity contribution in [1.29, 1.82) is 0 Å². The molecule has 4 rings (SSSR count). The van der Waals surface area contributed by atoms with Crippen molar-refractivity contribution in [2.75, 3.05) is 11.1 Å². The quantitative estimate of drug-likeness (QED) is 0.665. The molecule has 0 atom stereocenters. The van der Waals surface area contributed by atoms with Gasteiger partial charge in [0.25, 0.3) is 0 Å². The molecule has 30 heavy (non-hydrogen) atoms. The van der Waals surface area contributed by atoms with Crippen molar-refractivity contribution >= 4 is 27.4 Å². The average molecular weight is 433 g/mol. The summed E-state index contributed by atoms with van der Waals surface area (Å²) in [4.78, 5) is 12.2. The minimum Gasteiger partial charge on any atom is -0.446 e. The molecule has 162 valence electrons. The monoisotopic (exact) mass is 432 g/mol. The average Bonchev–Trinajstić information content (AvgIpc) is 3.26. The molecule has 1 fully saturated rings. The second-order valence-corrected chi connectivity index (χ2v) is 10.5. The molecule has 1 amide bonds. The van der Waals surface area contributed by atoms with Gasteiger partial charge in [0.05, 0.1) is 10.6 Å². The minimum atomic E-state index is -3.11. The highest BCUT2D eigenvalue weighted by molar-refractivity contribution is 7.91. The van der Waals surface area contributed by atoms with Crippen molar-refractivity contribution in [3.05, 3.63) is 35.5 Å². The van der Waals surface area contributed by atoms with Crippen molar-refractivity contribution in [3.8, 4) is 0 Å². The van der Waals surface area contributed by atoms with E-state index in [0.29, 0.717) is 23.1 Å². The summed E-state index contributed by atoms with van der Waals surface area (Å²) in [5.74, 6) is 1.25. The summed E-state index contributed by atoms with van der Waals surface area (Å²) in [6.45, 7) is 3.82. The van der Waals surface area contributed by atoms with Crippen LogP contribution in [0.2, 0.25) is 0 Å². The number of ether oxygens (including phenoxy) is 1. The van der Waals surface area contributed by atoms with Gasteiger partial charge in [-0.3, -0.25) is 5.10 Å². The smallest absolute Gasteiger partial charge is 0.407 e. The largest absolute Gasteiger partial charge is 0.446 e.